The molecule has 2 heterocycles. The second-order valence-electron chi connectivity index (χ2n) is 7.65. The van der Waals surface area contributed by atoms with Crippen LogP contribution < -0.4 is 10.6 Å². The van der Waals surface area contributed by atoms with Gasteiger partial charge in [0.05, 0.1) is 24.9 Å². The summed E-state index contributed by atoms with van der Waals surface area (Å²) >= 11 is 0. The van der Waals surface area contributed by atoms with Gasteiger partial charge in [-0.2, -0.15) is 5.10 Å². The molecular formula is C22H35IN6O. The Morgan fingerprint density at radius 1 is 1.23 bits per heavy atom. The van der Waals surface area contributed by atoms with Gasteiger partial charge in [0.1, 0.15) is 0 Å². The van der Waals surface area contributed by atoms with Gasteiger partial charge >= 0.3 is 0 Å². The SMILES string of the molecule is CCNC(=NCC(C)CN1CCOCC1)NC(C)c1cccc(-n2cccn2)c1.I. The van der Waals surface area contributed by atoms with Gasteiger partial charge in [0.25, 0.3) is 0 Å². The number of aliphatic imine (C=N–C) groups is 1. The Kier molecular flexibility index (Phi) is 10.6. The van der Waals surface area contributed by atoms with Crippen LogP contribution in [0.1, 0.15) is 32.4 Å². The van der Waals surface area contributed by atoms with Crippen LogP contribution in [0.3, 0.4) is 0 Å². The van der Waals surface area contributed by atoms with Crippen molar-refractivity contribution in [2.45, 2.75) is 26.8 Å². The number of benzene rings is 1. The lowest BCUT2D eigenvalue weighted by molar-refractivity contribution is 0.0323. The number of guanidine groups is 1. The predicted molar refractivity (Wildman–Crippen MR) is 133 cm³/mol. The van der Waals surface area contributed by atoms with E-state index >= 15 is 0 Å². The smallest absolute Gasteiger partial charge is 0.191 e. The molecule has 0 radical (unpaired) electrons. The number of hydrogen-bond donors (Lipinski definition) is 2. The van der Waals surface area contributed by atoms with Crippen molar-refractivity contribution in [3.05, 3.63) is 48.3 Å². The fraction of sp³-hybridized carbons (Fsp3) is 0.545. The average molecular weight is 526 g/mol. The van der Waals surface area contributed by atoms with Gasteiger partial charge in [0, 0.05) is 45.1 Å². The highest BCUT2D eigenvalue weighted by Crippen LogP contribution is 2.16. The molecule has 1 aliphatic heterocycles. The van der Waals surface area contributed by atoms with E-state index in [1.165, 1.54) is 5.56 Å². The molecule has 1 fully saturated rings. The van der Waals surface area contributed by atoms with Gasteiger partial charge < -0.3 is 15.4 Å². The first-order valence-corrected chi connectivity index (χ1v) is 10.6. The number of aromatic nitrogens is 2. The molecule has 2 N–H and O–H groups in total. The number of ether oxygens (including phenoxy) is 1. The molecule has 2 unspecified atom stereocenters. The molecule has 0 saturated carbocycles. The van der Waals surface area contributed by atoms with E-state index in [0.29, 0.717) is 5.92 Å². The van der Waals surface area contributed by atoms with E-state index in [0.717, 1.165) is 57.6 Å². The lowest BCUT2D eigenvalue weighted by Crippen LogP contribution is -2.41. The minimum Gasteiger partial charge on any atom is -0.379 e. The number of halogens is 1. The monoisotopic (exact) mass is 526 g/mol. The average Bonchev–Trinajstić information content (AvgIpc) is 3.28. The molecule has 1 aliphatic rings. The molecule has 1 aromatic carbocycles. The third kappa shape index (κ3) is 7.55. The number of morpholine rings is 1. The van der Waals surface area contributed by atoms with Gasteiger partial charge in [-0.25, -0.2) is 4.68 Å². The molecule has 2 aromatic rings. The van der Waals surface area contributed by atoms with E-state index in [-0.39, 0.29) is 30.0 Å². The van der Waals surface area contributed by atoms with Crippen molar-refractivity contribution in [3.63, 3.8) is 0 Å². The number of nitrogens with one attached hydrogen (secondary N) is 2. The zero-order valence-corrected chi connectivity index (χ0v) is 20.6. The zero-order chi connectivity index (χ0) is 20.5. The first-order chi connectivity index (χ1) is 14.2. The lowest BCUT2D eigenvalue weighted by atomic mass is 10.1. The van der Waals surface area contributed by atoms with Crippen molar-refractivity contribution >= 4 is 29.9 Å². The van der Waals surface area contributed by atoms with E-state index in [9.17, 15) is 0 Å². The van der Waals surface area contributed by atoms with Crippen LogP contribution in [0.4, 0.5) is 0 Å². The Bertz CT molecular complexity index is 761. The van der Waals surface area contributed by atoms with E-state index in [4.69, 9.17) is 9.73 Å². The van der Waals surface area contributed by atoms with Crippen LogP contribution in [0.15, 0.2) is 47.7 Å². The van der Waals surface area contributed by atoms with E-state index < -0.39 is 0 Å². The van der Waals surface area contributed by atoms with E-state index in [1.54, 1.807) is 6.20 Å². The molecule has 1 aromatic heterocycles. The third-order valence-electron chi connectivity index (χ3n) is 5.07. The van der Waals surface area contributed by atoms with Crippen LogP contribution in [-0.4, -0.2) is 66.6 Å². The molecule has 0 spiro atoms. The van der Waals surface area contributed by atoms with Crippen molar-refractivity contribution in [1.29, 1.82) is 0 Å². The predicted octanol–water partition coefficient (Wildman–Crippen LogP) is 3.07. The Labute approximate surface area is 197 Å². The molecule has 166 valence electrons. The Balaban J connectivity index is 0.00000320. The summed E-state index contributed by atoms with van der Waals surface area (Å²) in [6.45, 7) is 12.9. The van der Waals surface area contributed by atoms with Crippen LogP contribution in [0.2, 0.25) is 0 Å². The second-order valence-corrected chi connectivity index (χ2v) is 7.65. The van der Waals surface area contributed by atoms with Crippen molar-refractivity contribution in [2.75, 3.05) is 45.9 Å². The van der Waals surface area contributed by atoms with Crippen LogP contribution in [-0.2, 0) is 4.74 Å². The highest BCUT2D eigenvalue weighted by Gasteiger charge is 2.14. The molecule has 7 nitrogen and oxygen atoms in total. The van der Waals surface area contributed by atoms with Crippen molar-refractivity contribution in [3.8, 4) is 5.69 Å². The first kappa shape index (κ1) is 24.6. The molecule has 1 saturated heterocycles. The van der Waals surface area contributed by atoms with E-state index in [2.05, 4.69) is 65.7 Å². The Morgan fingerprint density at radius 3 is 2.73 bits per heavy atom. The summed E-state index contributed by atoms with van der Waals surface area (Å²) in [4.78, 5) is 7.30. The second kappa shape index (κ2) is 12.9. The van der Waals surface area contributed by atoms with Crippen LogP contribution in [0.5, 0.6) is 0 Å². The van der Waals surface area contributed by atoms with Crippen LogP contribution in [0.25, 0.3) is 5.69 Å². The molecule has 30 heavy (non-hydrogen) atoms. The summed E-state index contributed by atoms with van der Waals surface area (Å²) in [5, 5.41) is 11.2. The number of hydrogen-bond acceptors (Lipinski definition) is 4. The van der Waals surface area contributed by atoms with Gasteiger partial charge in [0.15, 0.2) is 5.96 Å². The zero-order valence-electron chi connectivity index (χ0n) is 18.3. The molecule has 3 rings (SSSR count). The molecule has 0 bridgehead atoms. The maximum Gasteiger partial charge on any atom is 0.191 e. The topological polar surface area (TPSA) is 66.7 Å². The summed E-state index contributed by atoms with van der Waals surface area (Å²) in [5.41, 5.74) is 2.26. The van der Waals surface area contributed by atoms with Crippen molar-refractivity contribution in [1.82, 2.24) is 25.3 Å². The van der Waals surface area contributed by atoms with Gasteiger partial charge in [-0.3, -0.25) is 9.89 Å². The Morgan fingerprint density at radius 2 is 2.03 bits per heavy atom. The van der Waals surface area contributed by atoms with E-state index in [1.807, 2.05) is 16.9 Å². The normalized spacial score (nSPS) is 17.1. The summed E-state index contributed by atoms with van der Waals surface area (Å²) < 4.78 is 7.31. The molecule has 0 amide bonds. The van der Waals surface area contributed by atoms with Crippen molar-refractivity contribution in [2.24, 2.45) is 10.9 Å². The quantitative estimate of drug-likeness (QED) is 0.315. The van der Waals surface area contributed by atoms with Gasteiger partial charge in [0.2, 0.25) is 0 Å². The first-order valence-electron chi connectivity index (χ1n) is 10.6. The summed E-state index contributed by atoms with van der Waals surface area (Å²) in [6, 6.07) is 10.5. The van der Waals surface area contributed by atoms with Crippen LogP contribution >= 0.6 is 24.0 Å². The lowest BCUT2D eigenvalue weighted by Gasteiger charge is -2.28. The fourth-order valence-corrected chi connectivity index (χ4v) is 3.50. The highest BCUT2D eigenvalue weighted by molar-refractivity contribution is 14.0. The van der Waals surface area contributed by atoms with Crippen molar-refractivity contribution < 1.29 is 4.74 Å². The fourth-order valence-electron chi connectivity index (χ4n) is 3.50. The summed E-state index contributed by atoms with van der Waals surface area (Å²) in [5.74, 6) is 1.36. The summed E-state index contributed by atoms with van der Waals surface area (Å²) in [6.07, 6.45) is 3.75. The standard InChI is InChI=1S/C22H34N6O.HI/c1-4-23-22(24-16-18(2)17-27-11-13-29-14-12-27)26-19(3)20-7-5-8-21(15-20)28-10-6-9-25-28;/h5-10,15,18-19H,4,11-14,16-17H2,1-3H3,(H2,23,24,26);1H. The minimum absolute atomic E-state index is 0. The largest absolute Gasteiger partial charge is 0.379 e. The molecule has 2 atom stereocenters. The molecular weight excluding hydrogens is 491 g/mol. The number of nitrogens with zero attached hydrogens (tertiary/aromatic N) is 4. The molecule has 0 aliphatic carbocycles. The Hall–Kier alpha value is -1.65. The minimum atomic E-state index is 0. The maximum absolute atomic E-state index is 5.43. The number of rotatable bonds is 8. The third-order valence-corrected chi connectivity index (χ3v) is 5.07. The molecule has 8 heteroatoms. The van der Waals surface area contributed by atoms with Crippen LogP contribution in [0, 0.1) is 5.92 Å². The van der Waals surface area contributed by atoms with Gasteiger partial charge in [-0.05, 0) is 43.5 Å². The summed E-state index contributed by atoms with van der Waals surface area (Å²) in [7, 11) is 0. The van der Waals surface area contributed by atoms with Gasteiger partial charge in [-0.15, -0.1) is 24.0 Å². The maximum atomic E-state index is 5.43. The van der Waals surface area contributed by atoms with Gasteiger partial charge in [-0.1, -0.05) is 19.1 Å². The highest BCUT2D eigenvalue weighted by atomic mass is 127.